The third kappa shape index (κ3) is 7.17. The highest BCUT2D eigenvalue weighted by Crippen LogP contribution is 2.33. The van der Waals surface area contributed by atoms with Gasteiger partial charge in [-0.1, -0.05) is 6.07 Å². The molecular formula is C32H39N3O6S. The molecule has 0 N–H and O–H groups in total. The maximum Gasteiger partial charge on any atom is 0.254 e. The number of benzene rings is 2. The summed E-state index contributed by atoms with van der Waals surface area (Å²) in [7, 11) is 3.23. The van der Waals surface area contributed by atoms with Crippen LogP contribution < -0.4 is 18.9 Å². The minimum absolute atomic E-state index is 0.00251. The maximum atomic E-state index is 14.0. The van der Waals surface area contributed by atoms with Gasteiger partial charge in [-0.2, -0.15) is 0 Å². The molecule has 3 aromatic rings. The number of amides is 2. The molecule has 1 saturated heterocycles. The summed E-state index contributed by atoms with van der Waals surface area (Å²) in [4.78, 5) is 34.8. The fourth-order valence-electron chi connectivity index (χ4n) is 5.33. The van der Waals surface area contributed by atoms with Crippen molar-refractivity contribution in [1.82, 2.24) is 14.7 Å². The summed E-state index contributed by atoms with van der Waals surface area (Å²) in [6.07, 6.45) is 2.97. The fraction of sp³-hybridized carbons (Fsp3) is 0.438. The molecule has 0 radical (unpaired) electrons. The van der Waals surface area contributed by atoms with Gasteiger partial charge in [0, 0.05) is 30.1 Å². The second-order valence-corrected chi connectivity index (χ2v) is 11.6. The van der Waals surface area contributed by atoms with Crippen molar-refractivity contribution in [3.63, 3.8) is 0 Å². The lowest BCUT2D eigenvalue weighted by molar-refractivity contribution is -0.132. The first-order valence-corrected chi connectivity index (χ1v) is 15.3. The number of hydrogen-bond donors (Lipinski definition) is 0. The molecule has 42 heavy (non-hydrogen) atoms. The molecule has 2 amide bonds. The first kappa shape index (κ1) is 29.7. The number of carbonyl (C=O) groups is 2. The van der Waals surface area contributed by atoms with E-state index in [-0.39, 0.29) is 25.2 Å². The highest BCUT2D eigenvalue weighted by molar-refractivity contribution is 7.10. The Kier molecular flexibility index (Phi) is 9.86. The summed E-state index contributed by atoms with van der Waals surface area (Å²) in [5.74, 6) is 2.23. The van der Waals surface area contributed by atoms with Crippen LogP contribution in [-0.4, -0.2) is 86.8 Å². The molecule has 10 heteroatoms. The summed E-state index contributed by atoms with van der Waals surface area (Å²) in [5, 5.41) is 2.05. The fourth-order valence-corrected chi connectivity index (χ4v) is 6.25. The van der Waals surface area contributed by atoms with Crippen molar-refractivity contribution in [2.45, 2.75) is 32.7 Å². The van der Waals surface area contributed by atoms with E-state index in [1.165, 1.54) is 12.8 Å². The summed E-state index contributed by atoms with van der Waals surface area (Å²) in [6, 6.07) is 13.1. The van der Waals surface area contributed by atoms with Crippen LogP contribution in [0.15, 0.2) is 47.8 Å². The van der Waals surface area contributed by atoms with Crippen molar-refractivity contribution in [3.8, 4) is 23.0 Å². The van der Waals surface area contributed by atoms with E-state index in [9.17, 15) is 9.59 Å². The van der Waals surface area contributed by atoms with Gasteiger partial charge in [0.2, 0.25) is 12.7 Å². The third-order valence-electron chi connectivity index (χ3n) is 7.89. The van der Waals surface area contributed by atoms with Crippen molar-refractivity contribution in [3.05, 3.63) is 69.4 Å². The zero-order valence-electron chi connectivity index (χ0n) is 24.6. The van der Waals surface area contributed by atoms with E-state index in [0.717, 1.165) is 35.6 Å². The van der Waals surface area contributed by atoms with Gasteiger partial charge >= 0.3 is 0 Å². The van der Waals surface area contributed by atoms with Crippen LogP contribution in [0.4, 0.5) is 0 Å². The monoisotopic (exact) mass is 593 g/mol. The van der Waals surface area contributed by atoms with Gasteiger partial charge in [0.1, 0.15) is 6.54 Å². The van der Waals surface area contributed by atoms with Gasteiger partial charge in [-0.3, -0.25) is 9.59 Å². The predicted molar refractivity (Wildman–Crippen MR) is 162 cm³/mol. The molecular weight excluding hydrogens is 554 g/mol. The van der Waals surface area contributed by atoms with E-state index < -0.39 is 0 Å². The normalized spacial score (nSPS) is 14.2. The molecule has 2 aromatic carbocycles. The smallest absolute Gasteiger partial charge is 0.254 e. The zero-order chi connectivity index (χ0) is 29.5. The van der Waals surface area contributed by atoms with Crippen molar-refractivity contribution in [1.29, 1.82) is 0 Å². The number of carbonyl (C=O) groups excluding carboxylic acids is 2. The topological polar surface area (TPSA) is 80.8 Å². The Balaban J connectivity index is 1.34. The summed E-state index contributed by atoms with van der Waals surface area (Å²) >= 11 is 1.65. The number of methoxy groups -OCH3 is 2. The Morgan fingerprint density at radius 3 is 2.45 bits per heavy atom. The number of thiophene rings is 1. The minimum atomic E-state index is -0.187. The van der Waals surface area contributed by atoms with Crippen LogP contribution in [0.2, 0.25) is 0 Å². The molecule has 2 aliphatic rings. The molecule has 9 nitrogen and oxygen atoms in total. The van der Waals surface area contributed by atoms with Gasteiger partial charge in [-0.05, 0) is 92.2 Å². The minimum Gasteiger partial charge on any atom is -0.493 e. The Morgan fingerprint density at radius 1 is 0.929 bits per heavy atom. The largest absolute Gasteiger partial charge is 0.493 e. The van der Waals surface area contributed by atoms with E-state index in [0.29, 0.717) is 54.6 Å². The highest BCUT2D eigenvalue weighted by atomic mass is 32.1. The summed E-state index contributed by atoms with van der Waals surface area (Å²) in [5.41, 5.74) is 2.68. The van der Waals surface area contributed by atoms with E-state index in [2.05, 4.69) is 17.9 Å². The third-order valence-corrected chi connectivity index (χ3v) is 8.90. The Hall–Kier alpha value is -3.76. The number of fused-ring (bicyclic) bond motifs is 1. The van der Waals surface area contributed by atoms with Crippen LogP contribution >= 0.6 is 11.3 Å². The second kappa shape index (κ2) is 13.9. The molecule has 2 aliphatic heterocycles. The molecule has 0 atom stereocenters. The number of hydrogen-bond acceptors (Lipinski definition) is 8. The van der Waals surface area contributed by atoms with Gasteiger partial charge in [0.25, 0.3) is 5.91 Å². The number of nitrogens with zero attached hydrogens (tertiary/aromatic N) is 3. The van der Waals surface area contributed by atoms with Crippen LogP contribution in [0.3, 0.4) is 0 Å². The van der Waals surface area contributed by atoms with Crippen molar-refractivity contribution in [2.24, 2.45) is 0 Å². The summed E-state index contributed by atoms with van der Waals surface area (Å²) in [6.45, 7) is 6.45. The Bertz CT molecular complexity index is 1390. The van der Waals surface area contributed by atoms with Gasteiger partial charge in [0.05, 0.1) is 20.8 Å². The van der Waals surface area contributed by atoms with E-state index in [4.69, 9.17) is 18.9 Å². The number of likely N-dealkylation sites (tertiary alicyclic amines) is 1. The first-order chi connectivity index (χ1) is 20.4. The van der Waals surface area contributed by atoms with Crippen molar-refractivity contribution in [2.75, 3.05) is 60.3 Å². The van der Waals surface area contributed by atoms with E-state index >= 15 is 0 Å². The lowest BCUT2D eigenvalue weighted by Crippen LogP contribution is -2.45. The van der Waals surface area contributed by atoms with Gasteiger partial charge in [-0.15, -0.1) is 11.3 Å². The van der Waals surface area contributed by atoms with Crippen LogP contribution in [0.25, 0.3) is 0 Å². The average Bonchev–Trinajstić information content (AvgIpc) is 3.79. The number of ether oxygens (including phenoxy) is 4. The lowest BCUT2D eigenvalue weighted by atomic mass is 10.1. The molecule has 1 aromatic heterocycles. The predicted octanol–water partition coefficient (Wildman–Crippen LogP) is 4.61. The molecule has 0 unspecified atom stereocenters. The molecule has 0 bridgehead atoms. The SMILES string of the molecule is COc1ccc(CCN(Cc2sccc2C)C(=O)CN(CCN2CCCC2)C(=O)c2ccc3c(c2)OCO3)cc1OC. The first-order valence-electron chi connectivity index (χ1n) is 14.4. The Labute approximate surface area is 251 Å². The number of rotatable bonds is 13. The zero-order valence-corrected chi connectivity index (χ0v) is 25.4. The Morgan fingerprint density at radius 2 is 1.71 bits per heavy atom. The van der Waals surface area contributed by atoms with Gasteiger partial charge in [0.15, 0.2) is 23.0 Å². The molecule has 3 heterocycles. The summed E-state index contributed by atoms with van der Waals surface area (Å²) < 4.78 is 21.8. The average molecular weight is 594 g/mol. The number of aryl methyl sites for hydroxylation is 1. The van der Waals surface area contributed by atoms with E-state index in [1.54, 1.807) is 48.7 Å². The maximum absolute atomic E-state index is 14.0. The molecule has 0 saturated carbocycles. The van der Waals surface area contributed by atoms with Crippen LogP contribution in [0, 0.1) is 6.92 Å². The molecule has 1 fully saturated rings. The molecule has 224 valence electrons. The van der Waals surface area contributed by atoms with Crippen LogP contribution in [0.5, 0.6) is 23.0 Å². The molecule has 5 rings (SSSR count). The molecule has 0 spiro atoms. The molecule has 0 aliphatic carbocycles. The van der Waals surface area contributed by atoms with Crippen LogP contribution in [-0.2, 0) is 17.8 Å². The van der Waals surface area contributed by atoms with Crippen molar-refractivity contribution >= 4 is 23.2 Å². The quantitative estimate of drug-likeness (QED) is 0.286. The standard InChI is InChI=1S/C32H39N3O6S/c1-23-11-17-42-30(23)20-34(14-10-24-6-8-26(38-2)28(18-24)39-3)31(36)21-35(16-15-33-12-4-5-13-33)32(37)25-7-9-27-29(19-25)41-22-40-27/h6-9,11,17-19H,4-5,10,12-16,20-22H2,1-3H3. The lowest BCUT2D eigenvalue weighted by Gasteiger charge is -2.29. The van der Waals surface area contributed by atoms with Crippen LogP contribution in [0.1, 0.15) is 39.2 Å². The highest BCUT2D eigenvalue weighted by Gasteiger charge is 2.26. The van der Waals surface area contributed by atoms with Gasteiger partial charge in [-0.25, -0.2) is 0 Å². The van der Waals surface area contributed by atoms with Gasteiger partial charge < -0.3 is 33.6 Å². The van der Waals surface area contributed by atoms with Crippen molar-refractivity contribution < 1.29 is 28.5 Å². The second-order valence-electron chi connectivity index (χ2n) is 10.6. The van der Waals surface area contributed by atoms with E-state index in [1.807, 2.05) is 28.5 Å².